The van der Waals surface area contributed by atoms with Gasteiger partial charge in [0.2, 0.25) is 6.04 Å². The number of hydrogen-bond donors (Lipinski definition) is 1. The van der Waals surface area contributed by atoms with Crippen molar-refractivity contribution in [2.24, 2.45) is 10.2 Å². The molecule has 0 radical (unpaired) electrons. The summed E-state index contributed by atoms with van der Waals surface area (Å²) in [4.78, 5) is 24.6. The molecule has 0 saturated heterocycles. The number of nitrogens with one attached hydrogen (secondary N) is 1. The van der Waals surface area contributed by atoms with E-state index in [4.69, 9.17) is 32.7 Å². The van der Waals surface area contributed by atoms with Gasteiger partial charge in [-0.1, -0.05) is 23.2 Å². The fourth-order valence-corrected chi connectivity index (χ4v) is 2.98. The number of ketones is 1. The van der Waals surface area contributed by atoms with E-state index in [-0.39, 0.29) is 16.5 Å². The average Bonchev–Trinajstić information content (AvgIpc) is 2.60. The number of amides is 1. The number of Topliss-reactive ketones (excluding diaryl/α,β-unsaturated/α-hetero) is 1. The average molecular weight is 424 g/mol. The molecule has 1 atom stereocenters. The van der Waals surface area contributed by atoms with E-state index in [0.717, 1.165) is 5.56 Å². The summed E-state index contributed by atoms with van der Waals surface area (Å²) in [5, 5.41) is 11.2. The number of halogens is 2. The minimum Gasteiger partial charge on any atom is -0.497 e. The van der Waals surface area contributed by atoms with Gasteiger partial charge in [-0.25, -0.2) is 0 Å². The molecule has 28 heavy (non-hydrogen) atoms. The molecule has 7 nitrogen and oxygen atoms in total. The van der Waals surface area contributed by atoms with Crippen LogP contribution in [0.5, 0.6) is 11.5 Å². The van der Waals surface area contributed by atoms with Gasteiger partial charge in [0, 0.05) is 17.2 Å². The quantitative estimate of drug-likeness (QED) is 0.501. The highest BCUT2D eigenvalue weighted by molar-refractivity contribution is 6.33. The van der Waals surface area contributed by atoms with Crippen molar-refractivity contribution in [1.82, 2.24) is 0 Å². The largest absolute Gasteiger partial charge is 0.497 e. The van der Waals surface area contributed by atoms with Gasteiger partial charge in [0.15, 0.2) is 11.5 Å². The van der Waals surface area contributed by atoms with Crippen molar-refractivity contribution in [3.8, 4) is 11.5 Å². The lowest BCUT2D eigenvalue weighted by molar-refractivity contribution is -0.126. The van der Waals surface area contributed by atoms with Crippen LogP contribution >= 0.6 is 23.2 Å². The molecule has 1 N–H and O–H groups in total. The second-order valence-electron chi connectivity index (χ2n) is 5.89. The van der Waals surface area contributed by atoms with Crippen LogP contribution in [0, 0.1) is 6.92 Å². The van der Waals surface area contributed by atoms with Crippen LogP contribution in [0.15, 0.2) is 40.6 Å². The molecule has 1 unspecified atom stereocenters. The lowest BCUT2D eigenvalue weighted by Gasteiger charge is -2.15. The SMILES string of the molecule is COc1cc(Cl)c(OC)c(NC(=O)C(N=Nc2cc(C)cc(Cl)c2)C(C)=O)c1. The smallest absolute Gasteiger partial charge is 0.258 e. The Morgan fingerprint density at radius 1 is 1.07 bits per heavy atom. The van der Waals surface area contributed by atoms with Gasteiger partial charge in [-0.05, 0) is 37.6 Å². The highest BCUT2D eigenvalue weighted by atomic mass is 35.5. The zero-order chi connectivity index (χ0) is 20.8. The van der Waals surface area contributed by atoms with E-state index in [1.807, 2.05) is 6.92 Å². The lowest BCUT2D eigenvalue weighted by atomic mass is 10.2. The first-order valence-electron chi connectivity index (χ1n) is 8.16. The molecule has 0 fully saturated rings. The summed E-state index contributed by atoms with van der Waals surface area (Å²) in [6.07, 6.45) is 0. The van der Waals surface area contributed by atoms with Gasteiger partial charge in [0.05, 0.1) is 30.6 Å². The number of anilines is 1. The van der Waals surface area contributed by atoms with Crippen molar-refractivity contribution in [1.29, 1.82) is 0 Å². The highest BCUT2D eigenvalue weighted by Gasteiger charge is 2.25. The standard InChI is InChI=1S/C19H19Cl2N3O4/c1-10-5-12(20)7-13(6-10)23-24-17(11(2)25)19(26)22-16-9-14(27-3)8-15(21)18(16)28-4/h5-9,17H,1-4H3,(H,22,26). The fourth-order valence-electron chi connectivity index (χ4n) is 2.41. The van der Waals surface area contributed by atoms with Crippen LogP contribution in [0.3, 0.4) is 0 Å². The number of hydrogen-bond acceptors (Lipinski definition) is 6. The van der Waals surface area contributed by atoms with Crippen molar-refractivity contribution in [2.45, 2.75) is 19.9 Å². The summed E-state index contributed by atoms with van der Waals surface area (Å²) in [5.74, 6) is -0.511. The number of rotatable bonds is 7. The molecule has 2 rings (SSSR count). The number of carbonyl (C=O) groups excluding carboxylic acids is 2. The molecule has 148 valence electrons. The topological polar surface area (TPSA) is 89.3 Å². The minimum atomic E-state index is -1.35. The molecule has 0 spiro atoms. The van der Waals surface area contributed by atoms with Crippen LogP contribution in [-0.2, 0) is 9.59 Å². The molecular weight excluding hydrogens is 405 g/mol. The summed E-state index contributed by atoms with van der Waals surface area (Å²) < 4.78 is 10.4. The normalized spacial score (nSPS) is 11.9. The Morgan fingerprint density at radius 2 is 1.79 bits per heavy atom. The monoisotopic (exact) mass is 423 g/mol. The first-order chi connectivity index (χ1) is 13.2. The number of ether oxygens (including phenoxy) is 2. The number of aryl methyl sites for hydroxylation is 1. The summed E-state index contributed by atoms with van der Waals surface area (Å²) in [6, 6.07) is 6.78. The molecule has 0 aliphatic carbocycles. The van der Waals surface area contributed by atoms with E-state index in [1.165, 1.54) is 27.2 Å². The van der Waals surface area contributed by atoms with Gasteiger partial charge in [0.25, 0.3) is 5.91 Å². The molecule has 1 amide bonds. The van der Waals surface area contributed by atoms with E-state index >= 15 is 0 Å². The van der Waals surface area contributed by atoms with Crippen molar-refractivity contribution in [3.05, 3.63) is 45.9 Å². The van der Waals surface area contributed by atoms with E-state index in [2.05, 4.69) is 15.5 Å². The van der Waals surface area contributed by atoms with Crippen LogP contribution < -0.4 is 14.8 Å². The van der Waals surface area contributed by atoms with Crippen LogP contribution in [0.25, 0.3) is 0 Å². The van der Waals surface area contributed by atoms with Crippen molar-refractivity contribution in [3.63, 3.8) is 0 Å². The van der Waals surface area contributed by atoms with E-state index in [9.17, 15) is 9.59 Å². The zero-order valence-electron chi connectivity index (χ0n) is 15.7. The Kier molecular flexibility index (Phi) is 7.37. The van der Waals surface area contributed by atoms with E-state index in [0.29, 0.717) is 16.5 Å². The minimum absolute atomic E-state index is 0.237. The van der Waals surface area contributed by atoms with Gasteiger partial charge >= 0.3 is 0 Å². The van der Waals surface area contributed by atoms with Crippen molar-refractivity contribution < 1.29 is 19.1 Å². The maximum atomic E-state index is 12.6. The molecule has 0 aliphatic heterocycles. The molecular formula is C19H19Cl2N3O4. The third-order valence-electron chi connectivity index (χ3n) is 3.66. The predicted molar refractivity (Wildman–Crippen MR) is 108 cm³/mol. The van der Waals surface area contributed by atoms with Gasteiger partial charge in [-0.2, -0.15) is 10.2 Å². The van der Waals surface area contributed by atoms with Gasteiger partial charge in [0.1, 0.15) is 5.75 Å². The van der Waals surface area contributed by atoms with Gasteiger partial charge in [-0.15, -0.1) is 0 Å². The summed E-state index contributed by atoms with van der Waals surface area (Å²) >= 11 is 12.1. The number of carbonyl (C=O) groups is 2. The molecule has 0 bridgehead atoms. The zero-order valence-corrected chi connectivity index (χ0v) is 17.3. The molecule has 0 aromatic heterocycles. The van der Waals surface area contributed by atoms with E-state index in [1.54, 1.807) is 24.3 Å². The number of nitrogens with zero attached hydrogens (tertiary/aromatic N) is 2. The second kappa shape index (κ2) is 9.52. The molecule has 0 heterocycles. The first kappa shape index (κ1) is 21.7. The predicted octanol–water partition coefficient (Wildman–Crippen LogP) is 5.00. The van der Waals surface area contributed by atoms with Crippen LogP contribution in [0.4, 0.5) is 11.4 Å². The van der Waals surface area contributed by atoms with E-state index < -0.39 is 17.7 Å². The summed E-state index contributed by atoms with van der Waals surface area (Å²) in [5.41, 5.74) is 1.56. The highest BCUT2D eigenvalue weighted by Crippen LogP contribution is 2.37. The number of benzene rings is 2. The Morgan fingerprint density at radius 3 is 2.36 bits per heavy atom. The maximum absolute atomic E-state index is 12.6. The Labute approximate surface area is 172 Å². The molecule has 0 saturated carbocycles. The molecule has 9 heteroatoms. The number of azo groups is 1. The third kappa shape index (κ3) is 5.43. The summed E-state index contributed by atoms with van der Waals surface area (Å²) in [6.45, 7) is 3.10. The number of methoxy groups -OCH3 is 2. The molecule has 2 aromatic carbocycles. The fraction of sp³-hybridized carbons (Fsp3) is 0.263. The third-order valence-corrected chi connectivity index (χ3v) is 4.16. The Bertz CT molecular complexity index is 911. The van der Waals surface area contributed by atoms with Gasteiger partial charge < -0.3 is 14.8 Å². The Balaban J connectivity index is 2.30. The lowest BCUT2D eigenvalue weighted by Crippen LogP contribution is -2.32. The molecule has 2 aromatic rings. The van der Waals surface area contributed by atoms with Crippen molar-refractivity contribution >= 4 is 46.3 Å². The van der Waals surface area contributed by atoms with Crippen molar-refractivity contribution in [2.75, 3.05) is 19.5 Å². The second-order valence-corrected chi connectivity index (χ2v) is 6.74. The Hall–Kier alpha value is -2.64. The maximum Gasteiger partial charge on any atom is 0.258 e. The molecule has 0 aliphatic rings. The first-order valence-corrected chi connectivity index (χ1v) is 8.91. The van der Waals surface area contributed by atoms with Crippen LogP contribution in [0.1, 0.15) is 12.5 Å². The summed E-state index contributed by atoms with van der Waals surface area (Å²) in [7, 11) is 2.87. The van der Waals surface area contributed by atoms with Crippen LogP contribution in [-0.4, -0.2) is 32.0 Å². The van der Waals surface area contributed by atoms with Gasteiger partial charge in [-0.3, -0.25) is 9.59 Å². The van der Waals surface area contributed by atoms with Crippen LogP contribution in [0.2, 0.25) is 10.0 Å².